The van der Waals surface area contributed by atoms with Gasteiger partial charge >= 0.3 is 6.09 Å². The Morgan fingerprint density at radius 2 is 1.46 bits per heavy atom. The number of benzene rings is 3. The number of carbonyl (C=O) groups is 1. The van der Waals surface area contributed by atoms with Crippen LogP contribution in [0.25, 0.3) is 44.4 Å². The van der Waals surface area contributed by atoms with E-state index in [2.05, 4.69) is 87.6 Å². The van der Waals surface area contributed by atoms with Gasteiger partial charge in [-0.2, -0.15) is 0 Å². The topological polar surface area (TPSA) is 116 Å². The largest absolute Gasteiger partial charge is 0.444 e. The van der Waals surface area contributed by atoms with E-state index in [1.807, 2.05) is 33.2 Å². The maximum atomic E-state index is 13.0. The molecule has 9 nitrogen and oxygen atoms in total. The first-order valence-corrected chi connectivity index (χ1v) is 16.3. The lowest BCUT2D eigenvalue weighted by molar-refractivity contribution is 0.0214. The smallest absolute Gasteiger partial charge is 0.410 e. The molecule has 2 fully saturated rings. The minimum Gasteiger partial charge on any atom is -0.444 e. The van der Waals surface area contributed by atoms with Crippen LogP contribution in [0.2, 0.25) is 0 Å². The van der Waals surface area contributed by atoms with Gasteiger partial charge in [-0.15, -0.1) is 0 Å². The van der Waals surface area contributed by atoms with Gasteiger partial charge < -0.3 is 20.4 Å². The predicted molar refractivity (Wildman–Crippen MR) is 182 cm³/mol. The molecule has 46 heavy (non-hydrogen) atoms. The third-order valence-corrected chi connectivity index (χ3v) is 9.37. The average Bonchev–Trinajstić information content (AvgIpc) is 3.86. The summed E-state index contributed by atoms with van der Waals surface area (Å²) in [6, 6.07) is 21.9. The highest BCUT2D eigenvalue weighted by atomic mass is 16.6. The van der Waals surface area contributed by atoms with Gasteiger partial charge in [0, 0.05) is 12.1 Å². The predicted octanol–water partition coefficient (Wildman–Crippen LogP) is 7.31. The summed E-state index contributed by atoms with van der Waals surface area (Å²) in [6.45, 7) is 7.85. The van der Waals surface area contributed by atoms with Crippen molar-refractivity contribution >= 4 is 16.9 Å². The number of hydrogen-bond acceptors (Lipinski definition) is 6. The monoisotopic (exact) mass is 617 g/mol. The molecule has 0 aliphatic carbocycles. The first-order valence-electron chi connectivity index (χ1n) is 16.3. The van der Waals surface area contributed by atoms with Crippen molar-refractivity contribution in [3.63, 3.8) is 0 Å². The Balaban J connectivity index is 1.07. The van der Waals surface area contributed by atoms with Crippen molar-refractivity contribution in [1.29, 1.82) is 0 Å². The van der Waals surface area contributed by atoms with Crippen molar-refractivity contribution in [2.24, 2.45) is 11.7 Å². The third kappa shape index (κ3) is 6.04. The zero-order valence-corrected chi connectivity index (χ0v) is 27.1. The molecule has 4 N–H and O–H groups in total. The van der Waals surface area contributed by atoms with Crippen LogP contribution in [0, 0.1) is 5.92 Å². The summed E-state index contributed by atoms with van der Waals surface area (Å²) in [5.74, 6) is 2.02. The fourth-order valence-electron chi connectivity index (χ4n) is 6.87. The Morgan fingerprint density at radius 3 is 2.09 bits per heavy atom. The lowest BCUT2D eigenvalue weighted by Crippen LogP contribution is -2.37. The SMILES string of the molecule is CN1CCCC1c1ncc(-c2ccc3cc(-c4ccc(-c5cnc(C6CC(CN)CN6C(=O)OC(C)(C)C)[nH]5)cc4)ccc3c2)[nH]1. The van der Waals surface area contributed by atoms with Gasteiger partial charge in [-0.1, -0.05) is 48.5 Å². The van der Waals surface area contributed by atoms with Gasteiger partial charge in [-0.25, -0.2) is 14.8 Å². The number of aromatic nitrogens is 4. The normalized spacial score (nSPS) is 20.5. The number of rotatable bonds is 6. The van der Waals surface area contributed by atoms with E-state index in [9.17, 15) is 4.79 Å². The van der Waals surface area contributed by atoms with Crippen LogP contribution < -0.4 is 5.73 Å². The van der Waals surface area contributed by atoms with E-state index in [0.717, 1.165) is 64.7 Å². The number of amides is 1. The maximum Gasteiger partial charge on any atom is 0.410 e. The molecule has 2 aliphatic rings. The van der Waals surface area contributed by atoms with Crippen LogP contribution in [-0.4, -0.2) is 68.1 Å². The van der Waals surface area contributed by atoms with Gasteiger partial charge in [0.1, 0.15) is 17.2 Å². The molecule has 0 saturated carbocycles. The molecule has 3 aromatic carbocycles. The van der Waals surface area contributed by atoms with E-state index in [1.165, 1.54) is 17.2 Å². The zero-order chi connectivity index (χ0) is 32.0. The van der Waals surface area contributed by atoms with Crippen molar-refractivity contribution in [2.45, 2.75) is 57.7 Å². The van der Waals surface area contributed by atoms with E-state index in [1.54, 1.807) is 4.90 Å². The molecule has 4 heterocycles. The molecular weight excluding hydrogens is 574 g/mol. The molecular formula is C37H43N7O2. The van der Waals surface area contributed by atoms with E-state index in [-0.39, 0.29) is 18.1 Å². The highest BCUT2D eigenvalue weighted by molar-refractivity contribution is 5.90. The summed E-state index contributed by atoms with van der Waals surface area (Å²) < 4.78 is 5.69. The molecule has 2 saturated heterocycles. The number of imidazole rings is 2. The number of nitrogens with zero attached hydrogens (tertiary/aromatic N) is 4. The van der Waals surface area contributed by atoms with Crippen molar-refractivity contribution < 1.29 is 9.53 Å². The van der Waals surface area contributed by atoms with Crippen LogP contribution in [-0.2, 0) is 4.74 Å². The number of aromatic amines is 2. The summed E-state index contributed by atoms with van der Waals surface area (Å²) in [6.07, 6.45) is 6.60. The Labute approximate surface area is 270 Å². The molecule has 2 aromatic heterocycles. The second-order valence-electron chi connectivity index (χ2n) is 13.8. The van der Waals surface area contributed by atoms with Gasteiger partial charge in [-0.3, -0.25) is 9.80 Å². The van der Waals surface area contributed by atoms with Crippen molar-refractivity contribution in [1.82, 2.24) is 29.7 Å². The zero-order valence-electron chi connectivity index (χ0n) is 27.1. The van der Waals surface area contributed by atoms with Crippen molar-refractivity contribution in [3.8, 4) is 33.6 Å². The highest BCUT2D eigenvalue weighted by Gasteiger charge is 2.39. The first-order chi connectivity index (χ1) is 22.1. The van der Waals surface area contributed by atoms with Gasteiger partial charge in [-0.05, 0) is 106 Å². The van der Waals surface area contributed by atoms with Crippen molar-refractivity contribution in [3.05, 3.63) is 84.7 Å². The first kappa shape index (κ1) is 30.2. The van der Waals surface area contributed by atoms with Gasteiger partial charge in [0.2, 0.25) is 0 Å². The number of H-pyrrole nitrogens is 2. The average molecular weight is 618 g/mol. The van der Waals surface area contributed by atoms with Crippen LogP contribution in [0.15, 0.2) is 73.1 Å². The quantitative estimate of drug-likeness (QED) is 0.184. The fourth-order valence-corrected chi connectivity index (χ4v) is 6.87. The molecule has 7 rings (SSSR count). The van der Waals surface area contributed by atoms with Crippen LogP contribution in [0.4, 0.5) is 4.79 Å². The van der Waals surface area contributed by atoms with E-state index in [4.69, 9.17) is 15.5 Å². The summed E-state index contributed by atoms with van der Waals surface area (Å²) in [5.41, 5.74) is 11.9. The van der Waals surface area contributed by atoms with E-state index >= 15 is 0 Å². The Morgan fingerprint density at radius 1 is 0.870 bits per heavy atom. The molecule has 2 aliphatic heterocycles. The Hall–Kier alpha value is -4.47. The molecule has 9 heteroatoms. The van der Waals surface area contributed by atoms with Crippen LogP contribution >= 0.6 is 0 Å². The number of fused-ring (bicyclic) bond motifs is 1. The number of likely N-dealkylation sites (tertiary alicyclic amines) is 2. The Bertz CT molecular complexity index is 1850. The molecule has 0 spiro atoms. The van der Waals surface area contributed by atoms with E-state index < -0.39 is 5.60 Å². The van der Waals surface area contributed by atoms with Crippen molar-refractivity contribution in [2.75, 3.05) is 26.7 Å². The van der Waals surface area contributed by atoms with Gasteiger partial charge in [0.15, 0.2) is 0 Å². The van der Waals surface area contributed by atoms with Crippen LogP contribution in [0.1, 0.15) is 63.8 Å². The fraction of sp³-hybridized carbons (Fsp3) is 0.378. The highest BCUT2D eigenvalue weighted by Crippen LogP contribution is 2.36. The second kappa shape index (κ2) is 12.0. The number of ether oxygens (including phenoxy) is 1. The Kier molecular flexibility index (Phi) is 7.90. The van der Waals surface area contributed by atoms with Gasteiger partial charge in [0.05, 0.1) is 35.9 Å². The minimum atomic E-state index is -0.566. The molecule has 238 valence electrons. The molecule has 5 aromatic rings. The summed E-state index contributed by atoms with van der Waals surface area (Å²) in [5, 5.41) is 2.39. The van der Waals surface area contributed by atoms with Crippen LogP contribution in [0.5, 0.6) is 0 Å². The summed E-state index contributed by atoms with van der Waals surface area (Å²) in [4.78, 5) is 33.6. The summed E-state index contributed by atoms with van der Waals surface area (Å²) in [7, 11) is 2.17. The third-order valence-electron chi connectivity index (χ3n) is 9.37. The summed E-state index contributed by atoms with van der Waals surface area (Å²) >= 11 is 0. The number of nitrogens with one attached hydrogen (secondary N) is 2. The van der Waals surface area contributed by atoms with Crippen LogP contribution in [0.3, 0.4) is 0 Å². The number of hydrogen-bond donors (Lipinski definition) is 3. The molecule has 3 unspecified atom stereocenters. The standard InChI is InChI=1S/C37H43N7O2/c1-37(2,3)46-36(45)44-22-23(19-38)16-33(44)35-40-20-30(41-35)25-9-7-24(8-10-25)26-11-12-28-18-29(14-13-27(28)17-26)31-21-39-34(42-31)32-6-5-15-43(32)4/h7-14,17-18,20-21,23,32-33H,5-6,15-16,19,22,38H2,1-4H3,(H,39,42)(H,40,41). The lowest BCUT2D eigenvalue weighted by Gasteiger charge is -2.27. The molecule has 3 atom stereocenters. The van der Waals surface area contributed by atoms with Gasteiger partial charge in [0.25, 0.3) is 0 Å². The second-order valence-corrected chi connectivity index (χ2v) is 13.8. The molecule has 1 amide bonds. The molecule has 0 radical (unpaired) electrons. The molecule has 0 bridgehead atoms. The van der Waals surface area contributed by atoms with E-state index in [0.29, 0.717) is 19.1 Å². The number of nitrogens with two attached hydrogens (primary N) is 1. The number of carbonyl (C=O) groups excluding carboxylic acids is 1. The minimum absolute atomic E-state index is 0.196. The maximum absolute atomic E-state index is 13.0. The lowest BCUT2D eigenvalue weighted by atomic mass is 9.98.